The molecule has 2 N–H and O–H groups in total. The highest BCUT2D eigenvalue weighted by molar-refractivity contribution is 9.10. The van der Waals surface area contributed by atoms with E-state index in [2.05, 4.69) is 15.9 Å². The van der Waals surface area contributed by atoms with Gasteiger partial charge in [-0.2, -0.15) is 0 Å². The van der Waals surface area contributed by atoms with Gasteiger partial charge in [0.05, 0.1) is 18.0 Å². The summed E-state index contributed by atoms with van der Waals surface area (Å²) in [6, 6.07) is 7.81. The lowest BCUT2D eigenvalue weighted by Gasteiger charge is -2.26. The molecule has 0 aliphatic heterocycles. The third kappa shape index (κ3) is 4.74. The highest BCUT2D eigenvalue weighted by Gasteiger charge is 2.17. The predicted molar refractivity (Wildman–Crippen MR) is 81.5 cm³/mol. The number of thiocarbonyl (C=S) groups is 1. The van der Waals surface area contributed by atoms with E-state index in [1.807, 2.05) is 38.1 Å². The summed E-state index contributed by atoms with van der Waals surface area (Å²) in [5, 5.41) is 0. The Bertz CT molecular complexity index is 431. The summed E-state index contributed by atoms with van der Waals surface area (Å²) in [4.78, 5) is 14.2. The Morgan fingerprint density at radius 2 is 1.94 bits per heavy atom. The van der Waals surface area contributed by atoms with Gasteiger partial charge >= 0.3 is 0 Å². The zero-order valence-electron chi connectivity index (χ0n) is 10.5. The van der Waals surface area contributed by atoms with E-state index < -0.39 is 0 Å². The maximum absolute atomic E-state index is 12.2. The molecular weight excluding hydrogens is 312 g/mol. The van der Waals surface area contributed by atoms with Crippen LogP contribution >= 0.6 is 28.1 Å². The molecular formula is C13H17BrN2OS. The maximum atomic E-state index is 12.2. The molecule has 0 heterocycles. The van der Waals surface area contributed by atoms with Gasteiger partial charge in [-0.1, -0.05) is 40.3 Å². The van der Waals surface area contributed by atoms with Crippen LogP contribution in [0.3, 0.4) is 0 Å². The first-order chi connectivity index (χ1) is 8.40. The number of benzene rings is 1. The third-order valence-corrected chi connectivity index (χ3v) is 3.20. The van der Waals surface area contributed by atoms with E-state index in [-0.39, 0.29) is 11.9 Å². The second-order valence-electron chi connectivity index (χ2n) is 4.38. The molecule has 1 aromatic carbocycles. The first-order valence-corrected chi connectivity index (χ1v) is 6.92. The fourth-order valence-corrected chi connectivity index (χ4v) is 2.01. The minimum atomic E-state index is 0.0418. The molecule has 0 aliphatic rings. The van der Waals surface area contributed by atoms with Gasteiger partial charge in [-0.25, -0.2) is 0 Å². The molecule has 0 aromatic heterocycles. The summed E-state index contributed by atoms with van der Waals surface area (Å²) in [6.07, 6.45) is 0.369. The molecule has 0 saturated heterocycles. The van der Waals surface area contributed by atoms with Crippen LogP contribution in [0.1, 0.15) is 19.4 Å². The molecule has 0 fully saturated rings. The van der Waals surface area contributed by atoms with Crippen LogP contribution in [-0.4, -0.2) is 28.4 Å². The fraction of sp³-hybridized carbons (Fsp3) is 0.385. The number of amides is 1. The van der Waals surface area contributed by atoms with Crippen molar-refractivity contribution in [2.24, 2.45) is 5.73 Å². The van der Waals surface area contributed by atoms with Crippen LogP contribution in [0.4, 0.5) is 0 Å². The molecule has 98 valence electrons. The van der Waals surface area contributed by atoms with Gasteiger partial charge in [-0.3, -0.25) is 4.79 Å². The number of carbonyl (C=O) groups excluding carboxylic acids is 1. The molecule has 0 bridgehead atoms. The summed E-state index contributed by atoms with van der Waals surface area (Å²) in [6.45, 7) is 4.25. The molecule has 1 aromatic rings. The number of halogens is 1. The van der Waals surface area contributed by atoms with Gasteiger partial charge in [-0.05, 0) is 31.5 Å². The monoisotopic (exact) mass is 328 g/mol. The Balaban J connectivity index is 2.72. The molecule has 1 amide bonds. The highest BCUT2D eigenvalue weighted by atomic mass is 79.9. The molecule has 0 atom stereocenters. The van der Waals surface area contributed by atoms with Crippen molar-refractivity contribution in [2.75, 3.05) is 6.54 Å². The number of nitrogens with two attached hydrogens (primary N) is 1. The normalized spacial score (nSPS) is 10.4. The summed E-state index contributed by atoms with van der Waals surface area (Å²) in [5.41, 5.74) is 6.50. The van der Waals surface area contributed by atoms with Gasteiger partial charge in [0.15, 0.2) is 0 Å². The minimum Gasteiger partial charge on any atom is -0.392 e. The Labute approximate surface area is 121 Å². The van der Waals surface area contributed by atoms with Gasteiger partial charge in [0.1, 0.15) is 0 Å². The average Bonchev–Trinajstić information content (AvgIpc) is 2.28. The van der Waals surface area contributed by atoms with Crippen molar-refractivity contribution in [1.29, 1.82) is 0 Å². The lowest BCUT2D eigenvalue weighted by Crippen LogP contribution is -2.42. The summed E-state index contributed by atoms with van der Waals surface area (Å²) in [7, 11) is 0. The zero-order chi connectivity index (χ0) is 13.7. The Hall–Kier alpha value is -0.940. The van der Waals surface area contributed by atoms with Crippen molar-refractivity contribution in [3.8, 4) is 0 Å². The second-order valence-corrected chi connectivity index (χ2v) is 5.82. The molecule has 0 spiro atoms. The van der Waals surface area contributed by atoms with Crippen LogP contribution < -0.4 is 5.73 Å². The Morgan fingerprint density at radius 3 is 2.39 bits per heavy atom. The molecule has 0 saturated carbocycles. The number of hydrogen-bond donors (Lipinski definition) is 1. The van der Waals surface area contributed by atoms with Crippen molar-refractivity contribution >= 4 is 39.0 Å². The quantitative estimate of drug-likeness (QED) is 0.845. The highest BCUT2D eigenvalue weighted by Crippen LogP contribution is 2.12. The van der Waals surface area contributed by atoms with Gasteiger partial charge in [-0.15, -0.1) is 0 Å². The van der Waals surface area contributed by atoms with Crippen molar-refractivity contribution < 1.29 is 4.79 Å². The van der Waals surface area contributed by atoms with Gasteiger partial charge in [0.25, 0.3) is 0 Å². The standard InChI is InChI=1S/C13H17BrN2OS/c1-9(2)16(8-12(15)18)13(17)7-10-3-5-11(14)6-4-10/h3-6,9H,7-8H2,1-2H3,(H2,15,18). The molecule has 0 unspecified atom stereocenters. The zero-order valence-corrected chi connectivity index (χ0v) is 12.9. The second kappa shape index (κ2) is 6.85. The van der Waals surface area contributed by atoms with Gasteiger partial charge in [0.2, 0.25) is 5.91 Å². The van der Waals surface area contributed by atoms with E-state index in [4.69, 9.17) is 18.0 Å². The SMILES string of the molecule is CC(C)N(CC(N)=S)C(=O)Cc1ccc(Br)cc1. The number of nitrogens with zero attached hydrogens (tertiary/aromatic N) is 1. The summed E-state index contributed by atoms with van der Waals surface area (Å²) >= 11 is 8.24. The Kier molecular flexibility index (Phi) is 5.75. The third-order valence-electron chi connectivity index (χ3n) is 2.54. The van der Waals surface area contributed by atoms with Crippen molar-refractivity contribution in [1.82, 2.24) is 4.90 Å². The van der Waals surface area contributed by atoms with Crippen LogP contribution in [-0.2, 0) is 11.2 Å². The first kappa shape index (κ1) is 15.1. The van der Waals surface area contributed by atoms with Crippen molar-refractivity contribution in [3.63, 3.8) is 0 Å². The molecule has 1 rings (SSSR count). The average molecular weight is 329 g/mol. The largest absolute Gasteiger partial charge is 0.392 e. The van der Waals surface area contributed by atoms with Crippen molar-refractivity contribution in [2.45, 2.75) is 26.3 Å². The molecule has 5 heteroatoms. The van der Waals surface area contributed by atoms with Crippen LogP contribution in [0.2, 0.25) is 0 Å². The summed E-state index contributed by atoms with van der Waals surface area (Å²) < 4.78 is 1.00. The van der Waals surface area contributed by atoms with E-state index in [9.17, 15) is 4.79 Å². The smallest absolute Gasteiger partial charge is 0.227 e. The van der Waals surface area contributed by atoms with E-state index >= 15 is 0 Å². The van der Waals surface area contributed by atoms with Crippen LogP contribution in [0.5, 0.6) is 0 Å². The number of carbonyl (C=O) groups is 1. The predicted octanol–water partition coefficient (Wildman–Crippen LogP) is 2.51. The molecule has 0 aliphatic carbocycles. The minimum absolute atomic E-state index is 0.0418. The Morgan fingerprint density at radius 1 is 1.39 bits per heavy atom. The van der Waals surface area contributed by atoms with E-state index in [0.29, 0.717) is 18.0 Å². The number of rotatable bonds is 5. The van der Waals surface area contributed by atoms with Crippen LogP contribution in [0.15, 0.2) is 28.7 Å². The van der Waals surface area contributed by atoms with Crippen LogP contribution in [0.25, 0.3) is 0 Å². The lowest BCUT2D eigenvalue weighted by molar-refractivity contribution is -0.131. The molecule has 3 nitrogen and oxygen atoms in total. The van der Waals surface area contributed by atoms with Gasteiger partial charge in [0, 0.05) is 10.5 Å². The maximum Gasteiger partial charge on any atom is 0.227 e. The number of hydrogen-bond acceptors (Lipinski definition) is 2. The topological polar surface area (TPSA) is 46.3 Å². The lowest BCUT2D eigenvalue weighted by atomic mass is 10.1. The van der Waals surface area contributed by atoms with E-state index in [0.717, 1.165) is 10.0 Å². The molecule has 18 heavy (non-hydrogen) atoms. The van der Waals surface area contributed by atoms with Gasteiger partial charge < -0.3 is 10.6 Å². The van der Waals surface area contributed by atoms with Crippen molar-refractivity contribution in [3.05, 3.63) is 34.3 Å². The first-order valence-electron chi connectivity index (χ1n) is 5.72. The van der Waals surface area contributed by atoms with E-state index in [1.54, 1.807) is 4.90 Å². The fourth-order valence-electron chi connectivity index (χ4n) is 1.61. The van der Waals surface area contributed by atoms with E-state index in [1.165, 1.54) is 0 Å². The van der Waals surface area contributed by atoms with Crippen LogP contribution in [0, 0.1) is 0 Å². The summed E-state index contributed by atoms with van der Waals surface area (Å²) in [5.74, 6) is 0.0418. The molecule has 0 radical (unpaired) electrons.